The van der Waals surface area contributed by atoms with Crippen LogP contribution in [0.1, 0.15) is 56.7 Å². The lowest BCUT2D eigenvalue weighted by molar-refractivity contribution is 0.330. The number of hydrogen-bond acceptors (Lipinski definition) is 5. The monoisotopic (exact) mass is 453 g/mol. The molecule has 2 saturated heterocycles. The maximum Gasteiger partial charge on any atom is 0.101 e. The normalized spacial score (nSPS) is 21.9. The third-order valence-corrected chi connectivity index (χ3v) is 7.47. The van der Waals surface area contributed by atoms with Gasteiger partial charge in [0.15, 0.2) is 0 Å². The average molecular weight is 454 g/mol. The molecule has 2 aliphatic rings. The fourth-order valence-corrected chi connectivity index (χ4v) is 5.77. The van der Waals surface area contributed by atoms with Crippen molar-refractivity contribution < 1.29 is 0 Å². The number of fused-ring (bicyclic) bond motifs is 1. The van der Waals surface area contributed by atoms with Gasteiger partial charge in [0.25, 0.3) is 0 Å². The van der Waals surface area contributed by atoms with Gasteiger partial charge in [-0.2, -0.15) is 5.26 Å². The predicted molar refractivity (Wildman–Crippen MR) is 140 cm³/mol. The van der Waals surface area contributed by atoms with Crippen molar-refractivity contribution in [3.63, 3.8) is 0 Å². The van der Waals surface area contributed by atoms with E-state index < -0.39 is 0 Å². The molecule has 5 nitrogen and oxygen atoms in total. The number of hydrogen-bond donors (Lipinski definition) is 1. The van der Waals surface area contributed by atoms with Crippen LogP contribution in [0.25, 0.3) is 10.9 Å². The number of piperidine rings is 2. The van der Waals surface area contributed by atoms with Crippen LogP contribution in [0, 0.1) is 17.2 Å². The molecule has 0 amide bonds. The lowest BCUT2D eigenvalue weighted by atomic mass is 9.93. The number of pyridine rings is 1. The Kier molecular flexibility index (Phi) is 6.69. The van der Waals surface area contributed by atoms with Gasteiger partial charge < -0.3 is 15.1 Å². The van der Waals surface area contributed by atoms with Crippen molar-refractivity contribution in [3.05, 3.63) is 65.9 Å². The molecule has 3 aromatic rings. The van der Waals surface area contributed by atoms with E-state index in [1.807, 2.05) is 12.1 Å². The van der Waals surface area contributed by atoms with Crippen molar-refractivity contribution >= 4 is 22.3 Å². The van der Waals surface area contributed by atoms with E-state index in [4.69, 9.17) is 0 Å². The van der Waals surface area contributed by atoms with Crippen LogP contribution in [-0.2, 0) is 0 Å². The average Bonchev–Trinajstić information content (AvgIpc) is 2.88. The van der Waals surface area contributed by atoms with Gasteiger partial charge in [-0.05, 0) is 80.5 Å². The van der Waals surface area contributed by atoms with Crippen molar-refractivity contribution in [3.8, 4) is 6.07 Å². The minimum absolute atomic E-state index is 0.298. The summed E-state index contributed by atoms with van der Waals surface area (Å²) in [6.45, 7) is 8.96. The predicted octanol–water partition coefficient (Wildman–Crippen LogP) is 5.66. The molecule has 2 aromatic carbocycles. The summed E-state index contributed by atoms with van der Waals surface area (Å²) < 4.78 is 0. The number of nitrogens with one attached hydrogen (secondary N) is 1. The Bertz CT molecular complexity index is 1160. The quantitative estimate of drug-likeness (QED) is 0.540. The van der Waals surface area contributed by atoms with Gasteiger partial charge in [-0.3, -0.25) is 4.98 Å². The molecule has 3 heterocycles. The largest absolute Gasteiger partial charge is 0.372 e. The van der Waals surface area contributed by atoms with Crippen LogP contribution in [0.3, 0.4) is 0 Å². The Labute approximate surface area is 203 Å². The van der Waals surface area contributed by atoms with Crippen molar-refractivity contribution in [2.24, 2.45) is 5.92 Å². The molecule has 0 saturated carbocycles. The van der Waals surface area contributed by atoms with Gasteiger partial charge >= 0.3 is 0 Å². The summed E-state index contributed by atoms with van der Waals surface area (Å²) in [5.74, 6) is 0.585. The highest BCUT2D eigenvalue weighted by Crippen LogP contribution is 2.32. The molecule has 1 unspecified atom stereocenters. The molecule has 176 valence electrons. The fourth-order valence-electron chi connectivity index (χ4n) is 5.77. The van der Waals surface area contributed by atoms with Gasteiger partial charge in [0.05, 0.1) is 11.1 Å². The highest BCUT2D eigenvalue weighted by atomic mass is 15.2. The van der Waals surface area contributed by atoms with Crippen LogP contribution >= 0.6 is 0 Å². The van der Waals surface area contributed by atoms with Crippen molar-refractivity contribution in [2.45, 2.75) is 51.6 Å². The lowest BCUT2D eigenvalue weighted by Gasteiger charge is -2.40. The summed E-state index contributed by atoms with van der Waals surface area (Å²) >= 11 is 0. The first kappa shape index (κ1) is 22.7. The molecule has 0 spiro atoms. The second-order valence-corrected chi connectivity index (χ2v) is 10.1. The van der Waals surface area contributed by atoms with Gasteiger partial charge in [-0.15, -0.1) is 0 Å². The Hall–Kier alpha value is -3.10. The lowest BCUT2D eigenvalue weighted by Crippen LogP contribution is -2.49. The van der Waals surface area contributed by atoms with Crippen LogP contribution in [-0.4, -0.2) is 37.2 Å². The van der Waals surface area contributed by atoms with E-state index in [2.05, 4.69) is 76.4 Å². The number of nitriles is 1. The summed E-state index contributed by atoms with van der Waals surface area (Å²) in [7, 11) is 0. The van der Waals surface area contributed by atoms with E-state index in [-0.39, 0.29) is 0 Å². The third-order valence-electron chi connectivity index (χ3n) is 7.47. The number of aromatic nitrogens is 1. The molecule has 34 heavy (non-hydrogen) atoms. The summed E-state index contributed by atoms with van der Waals surface area (Å²) in [4.78, 5) is 9.50. The van der Waals surface area contributed by atoms with Crippen LogP contribution in [0.4, 0.5) is 11.4 Å². The van der Waals surface area contributed by atoms with E-state index in [1.54, 1.807) is 6.20 Å². The minimum atomic E-state index is 0.298. The summed E-state index contributed by atoms with van der Waals surface area (Å²) in [5, 5.41) is 14.5. The molecule has 5 rings (SSSR count). The highest BCUT2D eigenvalue weighted by molar-refractivity contribution is 5.95. The zero-order chi connectivity index (χ0) is 23.5. The van der Waals surface area contributed by atoms with Crippen molar-refractivity contribution in [1.29, 1.82) is 5.26 Å². The van der Waals surface area contributed by atoms with E-state index in [1.165, 1.54) is 55.7 Å². The molecule has 2 aliphatic heterocycles. The fraction of sp³-hybridized carbons (Fsp3) is 0.448. The highest BCUT2D eigenvalue weighted by Gasteiger charge is 2.27. The summed E-state index contributed by atoms with van der Waals surface area (Å²) in [6, 6.07) is 20.2. The van der Waals surface area contributed by atoms with Crippen LogP contribution in [0.5, 0.6) is 0 Å². The molecule has 0 aliphatic carbocycles. The SMILES string of the molecule is CC(N[C@@H]1C[C@H](C)CN(c2ccc(C#N)c3ncccc23)C1)c1ccc(N2CCCCC2)cc1. The first-order valence-electron chi connectivity index (χ1n) is 12.8. The summed E-state index contributed by atoms with van der Waals surface area (Å²) in [5.41, 5.74) is 5.32. The molecule has 0 radical (unpaired) electrons. The van der Waals surface area contributed by atoms with Crippen LogP contribution < -0.4 is 15.1 Å². The van der Waals surface area contributed by atoms with E-state index >= 15 is 0 Å². The maximum atomic E-state index is 9.50. The first-order valence-corrected chi connectivity index (χ1v) is 12.8. The first-order chi connectivity index (χ1) is 16.6. The van der Waals surface area contributed by atoms with Crippen LogP contribution in [0.2, 0.25) is 0 Å². The zero-order valence-corrected chi connectivity index (χ0v) is 20.4. The van der Waals surface area contributed by atoms with E-state index in [0.717, 1.165) is 24.0 Å². The van der Waals surface area contributed by atoms with Gasteiger partial charge in [0.1, 0.15) is 6.07 Å². The Balaban J connectivity index is 1.30. The molecule has 1 N–H and O–H groups in total. The second-order valence-electron chi connectivity index (χ2n) is 10.1. The van der Waals surface area contributed by atoms with Gasteiger partial charge in [-0.1, -0.05) is 19.1 Å². The maximum absolute atomic E-state index is 9.50. The van der Waals surface area contributed by atoms with E-state index in [9.17, 15) is 5.26 Å². The number of nitrogens with zero attached hydrogens (tertiary/aromatic N) is 4. The molecule has 0 bridgehead atoms. The minimum Gasteiger partial charge on any atom is -0.372 e. The van der Waals surface area contributed by atoms with Gasteiger partial charge in [-0.25, -0.2) is 0 Å². The van der Waals surface area contributed by atoms with Gasteiger partial charge in [0, 0.05) is 61.2 Å². The Morgan fingerprint density at radius 2 is 1.79 bits per heavy atom. The molecule has 2 fully saturated rings. The standard InChI is InChI=1S/C29H35N5/c1-21-17-25(32-22(2)23-8-11-26(12-9-23)33-15-4-3-5-16-33)20-34(19-21)28-13-10-24(18-30)29-27(28)7-6-14-31-29/h6-14,21-22,25,32H,3-5,15-17,19-20H2,1-2H3/t21-,22?,25+/m0/s1. The van der Waals surface area contributed by atoms with Crippen molar-refractivity contribution in [2.75, 3.05) is 36.0 Å². The molecule has 5 heteroatoms. The summed E-state index contributed by atoms with van der Waals surface area (Å²) in [6.07, 6.45) is 6.91. The number of rotatable bonds is 5. The Morgan fingerprint density at radius 3 is 2.56 bits per heavy atom. The smallest absolute Gasteiger partial charge is 0.101 e. The van der Waals surface area contributed by atoms with Gasteiger partial charge in [0.2, 0.25) is 0 Å². The molecular weight excluding hydrogens is 418 g/mol. The molecular formula is C29H35N5. The number of anilines is 2. The van der Waals surface area contributed by atoms with Crippen molar-refractivity contribution in [1.82, 2.24) is 10.3 Å². The van der Waals surface area contributed by atoms with E-state index in [0.29, 0.717) is 23.6 Å². The topological polar surface area (TPSA) is 55.2 Å². The van der Waals surface area contributed by atoms with Crippen LogP contribution in [0.15, 0.2) is 54.7 Å². The zero-order valence-electron chi connectivity index (χ0n) is 20.4. The Morgan fingerprint density at radius 1 is 1.00 bits per heavy atom. The second kappa shape index (κ2) is 10.0. The molecule has 1 aromatic heterocycles. The number of benzene rings is 2. The third kappa shape index (κ3) is 4.74. The molecule has 3 atom stereocenters.